The highest BCUT2D eigenvalue weighted by Crippen LogP contribution is 2.36. The number of ketones is 1. The number of nitrogens with zero attached hydrogens (tertiary/aromatic N) is 1. The number of benzene rings is 4. The molecule has 0 N–H and O–H groups in total. The van der Waals surface area contributed by atoms with E-state index in [0.29, 0.717) is 29.3 Å². The molecule has 1 aliphatic rings. The molecular weight excluding hydrogens is 454 g/mol. The number of fused-ring (bicyclic) bond motifs is 1. The molecule has 178 valence electrons. The minimum absolute atomic E-state index is 0.202. The molecule has 0 atom stereocenters. The molecular formula is C30H23NO5. The number of hydrogen-bond acceptors (Lipinski definition) is 5. The maximum atomic E-state index is 13.2. The van der Waals surface area contributed by atoms with E-state index in [1.165, 1.54) is 4.90 Å². The van der Waals surface area contributed by atoms with Crippen molar-refractivity contribution < 1.29 is 23.8 Å². The Hall–Kier alpha value is -4.84. The fraction of sp³-hybridized carbons (Fsp3) is 0.0667. The SMILES string of the molecule is CCOc1ccc(C=C2Oc3cc(OC(=O)N(c4ccccc4)c4ccccc4)ccc3C2=O)cc1. The van der Waals surface area contributed by atoms with E-state index in [0.717, 1.165) is 11.3 Å². The second-order valence-corrected chi connectivity index (χ2v) is 7.97. The summed E-state index contributed by atoms with van der Waals surface area (Å²) in [6.07, 6.45) is 1.10. The van der Waals surface area contributed by atoms with Crippen LogP contribution in [0, 0.1) is 0 Å². The van der Waals surface area contributed by atoms with Crippen LogP contribution in [0.1, 0.15) is 22.8 Å². The molecule has 0 saturated heterocycles. The van der Waals surface area contributed by atoms with Crippen LogP contribution in [0.5, 0.6) is 17.2 Å². The Morgan fingerprint density at radius 1 is 0.833 bits per heavy atom. The van der Waals surface area contributed by atoms with Crippen molar-refractivity contribution in [3.8, 4) is 17.2 Å². The van der Waals surface area contributed by atoms with Crippen LogP contribution in [-0.4, -0.2) is 18.5 Å². The molecule has 0 bridgehead atoms. The first-order valence-corrected chi connectivity index (χ1v) is 11.6. The fourth-order valence-electron chi connectivity index (χ4n) is 3.87. The zero-order valence-corrected chi connectivity index (χ0v) is 19.6. The number of anilines is 2. The highest BCUT2D eigenvalue weighted by molar-refractivity contribution is 6.14. The van der Waals surface area contributed by atoms with Crippen LogP contribution in [0.25, 0.3) is 6.08 Å². The van der Waals surface area contributed by atoms with Gasteiger partial charge in [-0.2, -0.15) is 0 Å². The Kier molecular flexibility index (Phi) is 6.49. The summed E-state index contributed by atoms with van der Waals surface area (Å²) in [6.45, 7) is 2.50. The van der Waals surface area contributed by atoms with Gasteiger partial charge in [-0.15, -0.1) is 0 Å². The first-order chi connectivity index (χ1) is 17.6. The minimum Gasteiger partial charge on any atom is -0.494 e. The number of carbonyl (C=O) groups is 2. The maximum Gasteiger partial charge on any atom is 0.424 e. The first-order valence-electron chi connectivity index (χ1n) is 11.6. The first kappa shape index (κ1) is 22.9. The Bertz CT molecular complexity index is 1370. The quantitative estimate of drug-likeness (QED) is 0.279. The van der Waals surface area contributed by atoms with Crippen LogP contribution < -0.4 is 19.1 Å². The van der Waals surface area contributed by atoms with E-state index in [2.05, 4.69) is 0 Å². The number of para-hydroxylation sites is 2. The van der Waals surface area contributed by atoms with E-state index in [4.69, 9.17) is 14.2 Å². The average Bonchev–Trinajstić information content (AvgIpc) is 3.21. The highest BCUT2D eigenvalue weighted by atomic mass is 16.6. The lowest BCUT2D eigenvalue weighted by Crippen LogP contribution is -2.29. The number of ether oxygens (including phenoxy) is 3. The molecule has 0 fully saturated rings. The molecule has 0 saturated carbocycles. The number of Topliss-reactive ketones (excluding diaryl/α,β-unsaturated/α-hetero) is 1. The summed E-state index contributed by atoms with van der Waals surface area (Å²) in [5.41, 5.74) is 2.56. The van der Waals surface area contributed by atoms with Crippen molar-refractivity contribution >= 4 is 29.3 Å². The molecule has 6 heteroatoms. The van der Waals surface area contributed by atoms with Gasteiger partial charge in [-0.3, -0.25) is 4.79 Å². The molecule has 0 aromatic heterocycles. The Morgan fingerprint density at radius 2 is 1.44 bits per heavy atom. The zero-order valence-electron chi connectivity index (χ0n) is 19.6. The topological polar surface area (TPSA) is 65.1 Å². The number of carbonyl (C=O) groups excluding carboxylic acids is 2. The second kappa shape index (κ2) is 10.2. The summed E-state index contributed by atoms with van der Waals surface area (Å²) in [5, 5.41) is 0. The third-order valence-corrected chi connectivity index (χ3v) is 5.55. The van der Waals surface area contributed by atoms with Gasteiger partial charge in [0.2, 0.25) is 5.78 Å². The molecule has 6 nitrogen and oxygen atoms in total. The van der Waals surface area contributed by atoms with Gasteiger partial charge in [0, 0.05) is 6.07 Å². The molecule has 4 aromatic rings. The lowest BCUT2D eigenvalue weighted by atomic mass is 10.1. The van der Waals surface area contributed by atoms with Gasteiger partial charge in [0.25, 0.3) is 0 Å². The van der Waals surface area contributed by atoms with E-state index < -0.39 is 6.09 Å². The average molecular weight is 478 g/mol. The number of rotatable bonds is 6. The summed E-state index contributed by atoms with van der Waals surface area (Å²) < 4.78 is 17.0. The maximum absolute atomic E-state index is 13.2. The minimum atomic E-state index is -0.582. The lowest BCUT2D eigenvalue weighted by molar-refractivity contribution is 0.101. The van der Waals surface area contributed by atoms with Gasteiger partial charge in [0.05, 0.1) is 23.5 Å². The van der Waals surface area contributed by atoms with E-state index in [1.807, 2.05) is 91.9 Å². The Morgan fingerprint density at radius 3 is 2.06 bits per heavy atom. The molecule has 1 aliphatic heterocycles. The molecule has 1 heterocycles. The summed E-state index contributed by atoms with van der Waals surface area (Å²) in [7, 11) is 0. The summed E-state index contributed by atoms with van der Waals surface area (Å²) >= 11 is 0. The van der Waals surface area contributed by atoms with Crippen molar-refractivity contribution in [3.05, 3.63) is 120 Å². The third kappa shape index (κ3) is 4.83. The molecule has 1 amide bonds. The van der Waals surface area contributed by atoms with Crippen molar-refractivity contribution in [2.24, 2.45) is 0 Å². The van der Waals surface area contributed by atoms with Crippen molar-refractivity contribution in [1.82, 2.24) is 0 Å². The molecule has 0 spiro atoms. The summed E-state index contributed by atoms with van der Waals surface area (Å²) in [6, 6.07) is 30.6. The van der Waals surface area contributed by atoms with Crippen molar-refractivity contribution in [2.75, 3.05) is 11.5 Å². The molecule has 0 unspecified atom stereocenters. The fourth-order valence-corrected chi connectivity index (χ4v) is 3.87. The predicted molar refractivity (Wildman–Crippen MR) is 138 cm³/mol. The zero-order chi connectivity index (χ0) is 24.9. The highest BCUT2D eigenvalue weighted by Gasteiger charge is 2.28. The molecule has 5 rings (SSSR count). The van der Waals surface area contributed by atoms with Gasteiger partial charge in [-0.05, 0) is 67.1 Å². The number of allylic oxidation sites excluding steroid dienone is 1. The predicted octanol–water partition coefficient (Wildman–Crippen LogP) is 7.04. The Labute approximate surface area is 209 Å². The lowest BCUT2D eigenvalue weighted by Gasteiger charge is -2.22. The number of hydrogen-bond donors (Lipinski definition) is 0. The number of amides is 1. The van der Waals surface area contributed by atoms with Gasteiger partial charge in [0.1, 0.15) is 17.2 Å². The van der Waals surface area contributed by atoms with Crippen molar-refractivity contribution in [1.29, 1.82) is 0 Å². The molecule has 36 heavy (non-hydrogen) atoms. The van der Waals surface area contributed by atoms with Crippen LogP contribution in [-0.2, 0) is 0 Å². The van der Waals surface area contributed by atoms with Crippen molar-refractivity contribution in [2.45, 2.75) is 6.92 Å². The smallest absolute Gasteiger partial charge is 0.424 e. The Balaban J connectivity index is 1.36. The van der Waals surface area contributed by atoms with Crippen LogP contribution in [0.15, 0.2) is 109 Å². The van der Waals surface area contributed by atoms with E-state index in [9.17, 15) is 9.59 Å². The molecule has 0 radical (unpaired) electrons. The van der Waals surface area contributed by atoms with Crippen molar-refractivity contribution in [3.63, 3.8) is 0 Å². The van der Waals surface area contributed by atoms with Gasteiger partial charge in [0.15, 0.2) is 5.76 Å². The van der Waals surface area contributed by atoms with Gasteiger partial charge < -0.3 is 14.2 Å². The van der Waals surface area contributed by atoms with E-state index in [-0.39, 0.29) is 17.3 Å². The normalized spacial score (nSPS) is 13.1. The third-order valence-electron chi connectivity index (χ3n) is 5.55. The summed E-state index contributed by atoms with van der Waals surface area (Å²) in [4.78, 5) is 27.6. The van der Waals surface area contributed by atoms with E-state index >= 15 is 0 Å². The summed E-state index contributed by atoms with van der Waals surface area (Å²) in [5.74, 6) is 1.34. The van der Waals surface area contributed by atoms with Crippen LogP contribution >= 0.6 is 0 Å². The molecule has 4 aromatic carbocycles. The van der Waals surface area contributed by atoms with E-state index in [1.54, 1.807) is 24.3 Å². The van der Waals surface area contributed by atoms with Crippen LogP contribution in [0.2, 0.25) is 0 Å². The van der Waals surface area contributed by atoms with Gasteiger partial charge in [-0.25, -0.2) is 9.69 Å². The standard InChI is InChI=1S/C30H23NO5/c1-2-34-24-15-13-21(14-16-24)19-28-29(32)26-18-17-25(20-27(26)36-28)35-30(33)31(22-9-5-3-6-10-22)23-11-7-4-8-12-23/h3-20H,2H2,1H3. The van der Waals surface area contributed by atoms with Crippen LogP contribution in [0.4, 0.5) is 16.2 Å². The van der Waals surface area contributed by atoms with Gasteiger partial charge >= 0.3 is 6.09 Å². The monoisotopic (exact) mass is 477 g/mol. The second-order valence-electron chi connectivity index (χ2n) is 7.97. The largest absolute Gasteiger partial charge is 0.494 e. The van der Waals surface area contributed by atoms with Gasteiger partial charge in [-0.1, -0.05) is 48.5 Å². The molecule has 0 aliphatic carbocycles. The van der Waals surface area contributed by atoms with Crippen LogP contribution in [0.3, 0.4) is 0 Å².